The molecule has 13 heavy (non-hydrogen) atoms. The molecule has 1 unspecified atom stereocenters. The van der Waals surface area contributed by atoms with Crippen molar-refractivity contribution in [3.8, 4) is 0 Å². The largest absolute Gasteiger partial charge is 0.481 e. The van der Waals surface area contributed by atoms with Gasteiger partial charge in [0.2, 0.25) is 0 Å². The van der Waals surface area contributed by atoms with E-state index in [9.17, 15) is 4.79 Å². The zero-order chi connectivity index (χ0) is 10.1. The lowest BCUT2D eigenvalue weighted by Gasteiger charge is -2.20. The molecule has 0 aliphatic heterocycles. The first-order valence-electron chi connectivity index (χ1n) is 3.67. The number of hydrogen-bond acceptors (Lipinski definition) is 3. The van der Waals surface area contributed by atoms with Crippen LogP contribution in [0.3, 0.4) is 0 Å². The Bertz CT molecular complexity index is 322. The minimum absolute atomic E-state index is 0.0556. The molecule has 0 bridgehead atoms. The maximum atomic E-state index is 10.5. The molecule has 0 spiro atoms. The SMILES string of the molecule is CC(N)(CC(=O)O)c1cc(Br)cs1. The molecule has 5 heteroatoms. The molecule has 0 aliphatic rings. The van der Waals surface area contributed by atoms with Gasteiger partial charge in [-0.2, -0.15) is 0 Å². The number of thiophene rings is 1. The summed E-state index contributed by atoms with van der Waals surface area (Å²) >= 11 is 4.76. The molecule has 0 fully saturated rings. The minimum atomic E-state index is -0.880. The Balaban J connectivity index is 2.86. The summed E-state index contributed by atoms with van der Waals surface area (Å²) in [5.74, 6) is -0.880. The molecule has 0 radical (unpaired) electrons. The summed E-state index contributed by atoms with van der Waals surface area (Å²) in [4.78, 5) is 11.4. The van der Waals surface area contributed by atoms with Gasteiger partial charge in [0.1, 0.15) is 0 Å². The van der Waals surface area contributed by atoms with E-state index in [4.69, 9.17) is 10.8 Å². The van der Waals surface area contributed by atoms with E-state index in [0.29, 0.717) is 0 Å². The number of carboxylic acids is 1. The van der Waals surface area contributed by atoms with Crippen LogP contribution in [-0.2, 0) is 10.3 Å². The van der Waals surface area contributed by atoms with Crippen molar-refractivity contribution in [1.29, 1.82) is 0 Å². The topological polar surface area (TPSA) is 63.3 Å². The normalized spacial score (nSPS) is 15.3. The van der Waals surface area contributed by atoms with E-state index in [-0.39, 0.29) is 6.42 Å². The standard InChI is InChI=1S/C8H10BrNO2S/c1-8(10,3-7(11)12)6-2-5(9)4-13-6/h2,4H,3,10H2,1H3,(H,11,12). The van der Waals surface area contributed by atoms with E-state index in [1.807, 2.05) is 11.4 Å². The van der Waals surface area contributed by atoms with Crippen molar-refractivity contribution in [3.63, 3.8) is 0 Å². The number of carboxylic acid groups (broad SMARTS) is 1. The number of aliphatic carboxylic acids is 1. The van der Waals surface area contributed by atoms with Gasteiger partial charge in [0.25, 0.3) is 0 Å². The summed E-state index contributed by atoms with van der Waals surface area (Å²) in [5.41, 5.74) is 5.09. The second-order valence-electron chi connectivity index (χ2n) is 3.12. The maximum absolute atomic E-state index is 10.5. The average molecular weight is 264 g/mol. The fourth-order valence-corrected chi connectivity index (χ4v) is 2.52. The van der Waals surface area contributed by atoms with Crippen molar-refractivity contribution in [2.75, 3.05) is 0 Å². The highest BCUT2D eigenvalue weighted by Crippen LogP contribution is 2.30. The van der Waals surface area contributed by atoms with Gasteiger partial charge in [-0.05, 0) is 28.9 Å². The average Bonchev–Trinajstić information content (AvgIpc) is 2.32. The smallest absolute Gasteiger partial charge is 0.305 e. The maximum Gasteiger partial charge on any atom is 0.305 e. The fraction of sp³-hybridized carbons (Fsp3) is 0.375. The molecule has 72 valence electrons. The van der Waals surface area contributed by atoms with E-state index in [1.165, 1.54) is 11.3 Å². The van der Waals surface area contributed by atoms with Crippen molar-refractivity contribution < 1.29 is 9.90 Å². The Kier molecular flexibility index (Phi) is 3.10. The van der Waals surface area contributed by atoms with Crippen molar-refractivity contribution in [1.82, 2.24) is 0 Å². The van der Waals surface area contributed by atoms with E-state index in [2.05, 4.69) is 15.9 Å². The summed E-state index contributed by atoms with van der Waals surface area (Å²) in [6, 6.07) is 1.85. The Morgan fingerprint density at radius 1 is 1.85 bits per heavy atom. The molecule has 0 saturated heterocycles. The molecule has 1 rings (SSSR count). The van der Waals surface area contributed by atoms with Crippen LogP contribution in [0.2, 0.25) is 0 Å². The van der Waals surface area contributed by atoms with Gasteiger partial charge in [-0.3, -0.25) is 4.79 Å². The zero-order valence-electron chi connectivity index (χ0n) is 7.08. The molecule has 1 atom stereocenters. The van der Waals surface area contributed by atoms with E-state index in [1.54, 1.807) is 6.92 Å². The Morgan fingerprint density at radius 2 is 2.46 bits per heavy atom. The second-order valence-corrected chi connectivity index (χ2v) is 4.94. The van der Waals surface area contributed by atoms with Crippen LogP contribution >= 0.6 is 27.3 Å². The third-order valence-electron chi connectivity index (χ3n) is 1.65. The number of nitrogens with two attached hydrogens (primary N) is 1. The summed E-state index contributed by atoms with van der Waals surface area (Å²) in [6.45, 7) is 1.72. The van der Waals surface area contributed by atoms with Crippen LogP contribution in [0, 0.1) is 0 Å². The zero-order valence-corrected chi connectivity index (χ0v) is 9.48. The predicted molar refractivity (Wildman–Crippen MR) is 55.8 cm³/mol. The van der Waals surface area contributed by atoms with Crippen LogP contribution in [0.25, 0.3) is 0 Å². The summed E-state index contributed by atoms with van der Waals surface area (Å²) in [5, 5.41) is 10.5. The molecule has 0 amide bonds. The number of carbonyl (C=O) groups is 1. The summed E-state index contributed by atoms with van der Waals surface area (Å²) in [7, 11) is 0. The monoisotopic (exact) mass is 263 g/mol. The third-order valence-corrected chi connectivity index (χ3v) is 3.62. The van der Waals surface area contributed by atoms with Crippen LogP contribution in [0.1, 0.15) is 18.2 Å². The van der Waals surface area contributed by atoms with Crippen molar-refractivity contribution in [2.45, 2.75) is 18.9 Å². The van der Waals surface area contributed by atoms with E-state index >= 15 is 0 Å². The van der Waals surface area contributed by atoms with Crippen LogP contribution in [-0.4, -0.2) is 11.1 Å². The van der Waals surface area contributed by atoms with Gasteiger partial charge in [0.15, 0.2) is 0 Å². The van der Waals surface area contributed by atoms with Gasteiger partial charge in [-0.25, -0.2) is 0 Å². The van der Waals surface area contributed by atoms with E-state index < -0.39 is 11.5 Å². The van der Waals surface area contributed by atoms with Gasteiger partial charge < -0.3 is 10.8 Å². The number of halogens is 1. The quantitative estimate of drug-likeness (QED) is 0.879. The lowest BCUT2D eigenvalue weighted by Crippen LogP contribution is -2.34. The molecule has 1 aromatic heterocycles. The molecule has 1 heterocycles. The van der Waals surface area contributed by atoms with Crippen LogP contribution in [0.5, 0.6) is 0 Å². The fourth-order valence-electron chi connectivity index (χ4n) is 1.01. The molecular weight excluding hydrogens is 254 g/mol. The lowest BCUT2D eigenvalue weighted by atomic mass is 9.97. The van der Waals surface area contributed by atoms with Crippen molar-refractivity contribution >= 4 is 33.2 Å². The molecule has 1 aromatic rings. The summed E-state index contributed by atoms with van der Waals surface area (Å²) in [6.07, 6.45) is -0.0556. The predicted octanol–water partition coefficient (Wildman–Crippen LogP) is 2.16. The van der Waals surface area contributed by atoms with E-state index in [0.717, 1.165) is 9.35 Å². The first-order chi connectivity index (χ1) is 5.92. The summed E-state index contributed by atoms with van der Waals surface area (Å²) < 4.78 is 0.939. The third kappa shape index (κ3) is 2.79. The van der Waals surface area contributed by atoms with Gasteiger partial charge in [-0.1, -0.05) is 0 Å². The highest BCUT2D eigenvalue weighted by molar-refractivity contribution is 9.10. The van der Waals surface area contributed by atoms with Crippen molar-refractivity contribution in [3.05, 3.63) is 20.8 Å². The second kappa shape index (κ2) is 3.77. The molecule has 0 aromatic carbocycles. The van der Waals surface area contributed by atoms with Crippen LogP contribution in [0.4, 0.5) is 0 Å². The molecule has 0 aliphatic carbocycles. The van der Waals surface area contributed by atoms with Gasteiger partial charge in [-0.15, -0.1) is 11.3 Å². The van der Waals surface area contributed by atoms with Crippen LogP contribution in [0.15, 0.2) is 15.9 Å². The molecular formula is C8H10BrNO2S. The van der Waals surface area contributed by atoms with Gasteiger partial charge in [0, 0.05) is 14.7 Å². The number of hydrogen-bond donors (Lipinski definition) is 2. The Labute approximate surface area is 88.7 Å². The van der Waals surface area contributed by atoms with Gasteiger partial charge >= 0.3 is 5.97 Å². The van der Waals surface area contributed by atoms with Crippen LogP contribution < -0.4 is 5.73 Å². The molecule has 3 nitrogen and oxygen atoms in total. The highest BCUT2D eigenvalue weighted by atomic mass is 79.9. The molecule has 0 saturated carbocycles. The lowest BCUT2D eigenvalue weighted by molar-refractivity contribution is -0.138. The number of rotatable bonds is 3. The first kappa shape index (κ1) is 10.7. The van der Waals surface area contributed by atoms with Gasteiger partial charge in [0.05, 0.1) is 12.0 Å². The first-order valence-corrected chi connectivity index (χ1v) is 5.34. The highest BCUT2D eigenvalue weighted by Gasteiger charge is 2.26. The Hall–Kier alpha value is -0.390. The molecule has 3 N–H and O–H groups in total. The minimum Gasteiger partial charge on any atom is -0.481 e. The Morgan fingerprint density at radius 3 is 2.85 bits per heavy atom. The van der Waals surface area contributed by atoms with Crippen molar-refractivity contribution in [2.24, 2.45) is 5.73 Å².